The molecule has 0 rings (SSSR count). The number of unbranched alkanes of at least 4 members (excludes halogenated alkanes) is 4. The Bertz CT molecular complexity index is 395. The lowest BCUT2D eigenvalue weighted by Crippen LogP contribution is -2.13. The Hall–Kier alpha value is -0.820. The van der Waals surface area contributed by atoms with Crippen LogP contribution in [0.1, 0.15) is 79.1 Å². The van der Waals surface area contributed by atoms with Gasteiger partial charge in [0, 0.05) is 32.0 Å². The third-order valence-electron chi connectivity index (χ3n) is 4.42. The second-order valence-electron chi connectivity index (χ2n) is 7.98. The van der Waals surface area contributed by atoms with Crippen molar-refractivity contribution in [2.45, 2.75) is 85.2 Å². The minimum absolute atomic E-state index is 0.102. The fourth-order valence-corrected chi connectivity index (χ4v) is 2.55. The van der Waals surface area contributed by atoms with Crippen molar-refractivity contribution >= 4 is 11.6 Å². The lowest BCUT2D eigenvalue weighted by Gasteiger charge is -2.08. The van der Waals surface area contributed by atoms with E-state index >= 15 is 0 Å². The van der Waals surface area contributed by atoms with Crippen molar-refractivity contribution in [2.75, 3.05) is 46.2 Å². The lowest BCUT2D eigenvalue weighted by atomic mass is 10.0. The van der Waals surface area contributed by atoms with Gasteiger partial charge in [0.05, 0.1) is 32.5 Å². The van der Waals surface area contributed by atoms with Crippen LogP contribution < -0.4 is 0 Å². The van der Waals surface area contributed by atoms with Crippen LogP contribution in [0.3, 0.4) is 0 Å². The fraction of sp³-hybridized carbons (Fsp3) is 0.913. The van der Waals surface area contributed by atoms with Crippen molar-refractivity contribution in [2.24, 2.45) is 5.92 Å². The van der Waals surface area contributed by atoms with Crippen LogP contribution in [0.4, 0.5) is 0 Å². The number of rotatable bonds is 22. The minimum atomic E-state index is 0.102. The molecule has 0 spiro atoms. The molecule has 0 heterocycles. The van der Waals surface area contributed by atoms with Crippen LogP contribution in [0, 0.1) is 5.92 Å². The molecule has 0 saturated heterocycles. The van der Waals surface area contributed by atoms with E-state index in [4.69, 9.17) is 18.9 Å². The van der Waals surface area contributed by atoms with Crippen molar-refractivity contribution in [1.29, 1.82) is 0 Å². The third-order valence-corrected chi connectivity index (χ3v) is 4.42. The molecule has 172 valence electrons. The number of hydrogen-bond donors (Lipinski definition) is 0. The van der Waals surface area contributed by atoms with E-state index in [1.807, 2.05) is 27.7 Å². The van der Waals surface area contributed by atoms with Gasteiger partial charge < -0.3 is 18.9 Å². The normalized spacial score (nSPS) is 11.5. The summed E-state index contributed by atoms with van der Waals surface area (Å²) in [7, 11) is 0. The summed E-state index contributed by atoms with van der Waals surface area (Å²) in [5.74, 6) is 0.683. The average molecular weight is 417 g/mol. The maximum atomic E-state index is 11.5. The van der Waals surface area contributed by atoms with Gasteiger partial charge >= 0.3 is 0 Å². The first-order valence-electron chi connectivity index (χ1n) is 11.3. The molecular weight excluding hydrogens is 372 g/mol. The Kier molecular flexibility index (Phi) is 19.9. The van der Waals surface area contributed by atoms with Crippen LogP contribution >= 0.6 is 0 Å². The van der Waals surface area contributed by atoms with Crippen LogP contribution in [-0.2, 0) is 28.5 Å². The summed E-state index contributed by atoms with van der Waals surface area (Å²) in [5.41, 5.74) is 0. The van der Waals surface area contributed by atoms with Gasteiger partial charge in [-0.2, -0.15) is 0 Å². The van der Waals surface area contributed by atoms with Crippen LogP contribution in [0.5, 0.6) is 0 Å². The van der Waals surface area contributed by atoms with Gasteiger partial charge in [-0.3, -0.25) is 9.59 Å². The summed E-state index contributed by atoms with van der Waals surface area (Å²) >= 11 is 0. The summed E-state index contributed by atoms with van der Waals surface area (Å²) in [4.78, 5) is 23.0. The predicted molar refractivity (Wildman–Crippen MR) is 115 cm³/mol. The lowest BCUT2D eigenvalue weighted by molar-refractivity contribution is -0.125. The molecule has 6 nitrogen and oxygen atoms in total. The second-order valence-corrected chi connectivity index (χ2v) is 7.98. The Morgan fingerprint density at radius 3 is 1.66 bits per heavy atom. The first-order chi connectivity index (χ1) is 13.9. The highest BCUT2D eigenvalue weighted by molar-refractivity contribution is 5.80. The second kappa shape index (κ2) is 20.5. The Morgan fingerprint density at radius 1 is 0.621 bits per heavy atom. The number of carbonyl (C=O) groups excluding carboxylic acids is 2. The van der Waals surface area contributed by atoms with E-state index in [0.29, 0.717) is 51.7 Å². The number of hydrogen-bond acceptors (Lipinski definition) is 6. The highest BCUT2D eigenvalue weighted by atomic mass is 16.5. The van der Waals surface area contributed by atoms with Gasteiger partial charge in [-0.15, -0.1) is 0 Å². The largest absolute Gasteiger partial charge is 0.379 e. The standard InChI is InChI=1S/C23H44O6/c1-20(2)23(25)12-7-5-6-9-13-26-15-17-28-18-16-27-14-10-8-11-22(24)19-29-21(3)4/h20-21H,5-19H2,1-4H3. The van der Waals surface area contributed by atoms with Crippen molar-refractivity contribution in [3.05, 3.63) is 0 Å². The average Bonchev–Trinajstić information content (AvgIpc) is 2.68. The number of ketones is 2. The van der Waals surface area contributed by atoms with E-state index in [2.05, 4.69) is 0 Å². The molecule has 29 heavy (non-hydrogen) atoms. The zero-order valence-corrected chi connectivity index (χ0v) is 19.2. The molecule has 0 aliphatic carbocycles. The van der Waals surface area contributed by atoms with Gasteiger partial charge in [-0.1, -0.05) is 26.7 Å². The van der Waals surface area contributed by atoms with Crippen molar-refractivity contribution in [3.63, 3.8) is 0 Å². The molecule has 0 fully saturated rings. The van der Waals surface area contributed by atoms with Crippen LogP contribution in [0.25, 0.3) is 0 Å². The van der Waals surface area contributed by atoms with Crippen LogP contribution in [-0.4, -0.2) is 63.9 Å². The van der Waals surface area contributed by atoms with Gasteiger partial charge in [0.25, 0.3) is 0 Å². The summed E-state index contributed by atoms with van der Waals surface area (Å²) in [6, 6.07) is 0. The molecule has 6 heteroatoms. The maximum absolute atomic E-state index is 11.5. The smallest absolute Gasteiger partial charge is 0.158 e. The summed E-state index contributed by atoms with van der Waals surface area (Å²) in [6.07, 6.45) is 7.30. The van der Waals surface area contributed by atoms with Crippen molar-refractivity contribution in [3.8, 4) is 0 Å². The van der Waals surface area contributed by atoms with Gasteiger partial charge in [-0.05, 0) is 39.5 Å². The Labute approximate surface area is 178 Å². The molecule has 0 amide bonds. The monoisotopic (exact) mass is 416 g/mol. The van der Waals surface area contributed by atoms with E-state index < -0.39 is 0 Å². The summed E-state index contributed by atoms with van der Waals surface area (Å²) in [5, 5.41) is 0. The summed E-state index contributed by atoms with van der Waals surface area (Å²) < 4.78 is 21.8. The molecule has 0 aromatic carbocycles. The summed E-state index contributed by atoms with van der Waals surface area (Å²) in [6.45, 7) is 11.7. The van der Waals surface area contributed by atoms with Crippen LogP contribution in [0.15, 0.2) is 0 Å². The zero-order valence-electron chi connectivity index (χ0n) is 19.2. The number of ether oxygens (including phenoxy) is 4. The minimum Gasteiger partial charge on any atom is -0.379 e. The SMILES string of the molecule is CC(C)OCC(=O)CCCCOCCOCCOCCCCCCC(=O)C(C)C. The van der Waals surface area contributed by atoms with Gasteiger partial charge in [0.1, 0.15) is 12.4 Å². The van der Waals surface area contributed by atoms with Gasteiger partial charge in [-0.25, -0.2) is 0 Å². The molecule has 0 unspecified atom stereocenters. The highest BCUT2D eigenvalue weighted by Gasteiger charge is 2.06. The number of Topliss-reactive ketones (excluding diaryl/α,β-unsaturated/α-hetero) is 2. The molecule has 0 N–H and O–H groups in total. The molecule has 0 atom stereocenters. The first kappa shape index (κ1) is 28.2. The van der Waals surface area contributed by atoms with E-state index in [-0.39, 0.29) is 24.4 Å². The molecule has 0 aliphatic heterocycles. The molecule has 0 aromatic heterocycles. The van der Waals surface area contributed by atoms with Gasteiger partial charge in [0.2, 0.25) is 0 Å². The van der Waals surface area contributed by atoms with E-state index in [1.54, 1.807) is 0 Å². The molecule has 0 radical (unpaired) electrons. The predicted octanol–water partition coefficient (Wildman–Crippen LogP) is 4.38. The van der Waals surface area contributed by atoms with Gasteiger partial charge in [0.15, 0.2) is 5.78 Å². The Morgan fingerprint density at radius 2 is 1.10 bits per heavy atom. The van der Waals surface area contributed by atoms with Crippen molar-refractivity contribution < 1.29 is 28.5 Å². The first-order valence-corrected chi connectivity index (χ1v) is 11.3. The molecule has 0 bridgehead atoms. The number of carbonyl (C=O) groups is 2. The molecule has 0 aliphatic rings. The van der Waals surface area contributed by atoms with Crippen LogP contribution in [0.2, 0.25) is 0 Å². The maximum Gasteiger partial charge on any atom is 0.158 e. The quantitative estimate of drug-likeness (QED) is 0.244. The van der Waals surface area contributed by atoms with E-state index in [1.165, 1.54) is 0 Å². The topological polar surface area (TPSA) is 71.1 Å². The zero-order chi connectivity index (χ0) is 21.7. The Balaban J connectivity index is 3.15. The third kappa shape index (κ3) is 21.7. The van der Waals surface area contributed by atoms with Crippen molar-refractivity contribution in [1.82, 2.24) is 0 Å². The molecular formula is C23H44O6. The fourth-order valence-electron chi connectivity index (χ4n) is 2.55. The molecule has 0 aromatic rings. The highest BCUT2D eigenvalue weighted by Crippen LogP contribution is 2.07. The van der Waals surface area contributed by atoms with E-state index in [9.17, 15) is 9.59 Å². The molecule has 0 saturated carbocycles. The van der Waals surface area contributed by atoms with E-state index in [0.717, 1.165) is 45.1 Å².